The molecule has 0 aromatic heterocycles. The number of halogens is 1. The molecule has 1 aliphatic heterocycles. The molecule has 1 saturated heterocycles. The van der Waals surface area contributed by atoms with Gasteiger partial charge in [-0.25, -0.2) is 0 Å². The van der Waals surface area contributed by atoms with E-state index in [1.807, 2.05) is 11.8 Å². The van der Waals surface area contributed by atoms with Crippen molar-refractivity contribution in [1.29, 1.82) is 0 Å². The lowest BCUT2D eigenvalue weighted by Gasteiger charge is -2.30. The van der Waals surface area contributed by atoms with Crippen LogP contribution in [0.25, 0.3) is 0 Å². The van der Waals surface area contributed by atoms with Gasteiger partial charge in [0.2, 0.25) is 11.8 Å². The summed E-state index contributed by atoms with van der Waals surface area (Å²) in [6, 6.07) is 0. The monoisotopic (exact) mass is 276 g/mol. The average Bonchev–Trinajstić information content (AvgIpc) is 2.28. The van der Waals surface area contributed by atoms with Gasteiger partial charge in [-0.15, -0.1) is 0 Å². The van der Waals surface area contributed by atoms with Crippen LogP contribution in [0, 0.1) is 5.92 Å². The molecule has 4 nitrogen and oxygen atoms in total. The summed E-state index contributed by atoms with van der Waals surface area (Å²) in [6.45, 7) is 4.00. The van der Waals surface area contributed by atoms with Crippen LogP contribution in [0.2, 0.25) is 0 Å². The molecule has 0 unspecified atom stereocenters. The zero-order valence-corrected chi connectivity index (χ0v) is 10.5. The Bertz CT molecular complexity index is 238. The number of rotatable bonds is 3. The number of carbonyl (C=O) groups is 2. The number of alkyl halides is 1. The fourth-order valence-electron chi connectivity index (χ4n) is 1.79. The fourth-order valence-corrected chi connectivity index (χ4v) is 2.15. The van der Waals surface area contributed by atoms with Crippen LogP contribution in [0.3, 0.4) is 0 Å². The molecule has 0 aliphatic carbocycles. The molecule has 0 radical (unpaired) electrons. The maximum atomic E-state index is 11.5. The second kappa shape index (κ2) is 6.10. The number of piperidine rings is 1. The van der Waals surface area contributed by atoms with E-state index in [9.17, 15) is 9.59 Å². The van der Waals surface area contributed by atoms with E-state index in [1.54, 1.807) is 0 Å². The van der Waals surface area contributed by atoms with E-state index in [0.717, 1.165) is 12.8 Å². The molecule has 1 aliphatic rings. The van der Waals surface area contributed by atoms with E-state index < -0.39 is 0 Å². The minimum atomic E-state index is 0.0873. The highest BCUT2D eigenvalue weighted by atomic mass is 79.9. The van der Waals surface area contributed by atoms with E-state index in [2.05, 4.69) is 21.2 Å². The minimum absolute atomic E-state index is 0.0873. The van der Waals surface area contributed by atoms with Crippen LogP contribution >= 0.6 is 15.9 Å². The quantitative estimate of drug-likeness (QED) is 0.774. The number of likely N-dealkylation sites (tertiary alicyclic amines) is 1. The van der Waals surface area contributed by atoms with Crippen molar-refractivity contribution >= 4 is 27.7 Å². The van der Waals surface area contributed by atoms with Gasteiger partial charge >= 0.3 is 0 Å². The van der Waals surface area contributed by atoms with Crippen molar-refractivity contribution in [2.24, 2.45) is 5.92 Å². The minimum Gasteiger partial charge on any atom is -0.356 e. The lowest BCUT2D eigenvalue weighted by molar-refractivity contribution is -0.133. The summed E-state index contributed by atoms with van der Waals surface area (Å²) < 4.78 is 0. The molecule has 0 bridgehead atoms. The summed E-state index contributed by atoms with van der Waals surface area (Å²) in [5.41, 5.74) is 0. The molecule has 1 fully saturated rings. The third-order valence-electron chi connectivity index (χ3n) is 2.68. The first-order valence-corrected chi connectivity index (χ1v) is 6.42. The first-order valence-electron chi connectivity index (χ1n) is 5.30. The number of hydrogen-bond donors (Lipinski definition) is 1. The molecule has 0 atom stereocenters. The molecule has 15 heavy (non-hydrogen) atoms. The van der Waals surface area contributed by atoms with Crippen molar-refractivity contribution < 1.29 is 9.59 Å². The van der Waals surface area contributed by atoms with Gasteiger partial charge < -0.3 is 10.2 Å². The van der Waals surface area contributed by atoms with Gasteiger partial charge in [-0.05, 0) is 19.8 Å². The van der Waals surface area contributed by atoms with Gasteiger partial charge in [0.15, 0.2) is 0 Å². The number of nitrogens with zero attached hydrogens (tertiary/aromatic N) is 1. The SMILES string of the molecule is CCNC(=O)C1CCN(C(=O)CBr)CC1. The number of hydrogen-bond acceptors (Lipinski definition) is 2. The highest BCUT2D eigenvalue weighted by Gasteiger charge is 2.26. The van der Waals surface area contributed by atoms with Crippen molar-refractivity contribution in [3.05, 3.63) is 0 Å². The zero-order chi connectivity index (χ0) is 11.3. The highest BCUT2D eigenvalue weighted by molar-refractivity contribution is 9.09. The first-order chi connectivity index (χ1) is 7.19. The Labute approximate surface area is 98.5 Å². The molecule has 1 rings (SSSR count). The van der Waals surface area contributed by atoms with Gasteiger partial charge in [-0.1, -0.05) is 15.9 Å². The fraction of sp³-hybridized carbons (Fsp3) is 0.800. The van der Waals surface area contributed by atoms with Crippen LogP contribution in [-0.4, -0.2) is 41.7 Å². The molecule has 0 saturated carbocycles. The summed E-state index contributed by atoms with van der Waals surface area (Å²) in [4.78, 5) is 24.7. The standard InChI is InChI=1S/C10H17BrN2O2/c1-2-12-10(15)8-3-5-13(6-4-8)9(14)7-11/h8H,2-7H2,1H3,(H,12,15). The molecule has 5 heteroatoms. The van der Waals surface area contributed by atoms with Gasteiger partial charge in [0.25, 0.3) is 0 Å². The van der Waals surface area contributed by atoms with Gasteiger partial charge in [0.1, 0.15) is 0 Å². The summed E-state index contributed by atoms with van der Waals surface area (Å²) in [7, 11) is 0. The van der Waals surface area contributed by atoms with E-state index in [-0.39, 0.29) is 17.7 Å². The van der Waals surface area contributed by atoms with E-state index in [1.165, 1.54) is 0 Å². The molecule has 2 amide bonds. The molecule has 0 aromatic carbocycles. The topological polar surface area (TPSA) is 49.4 Å². The Morgan fingerprint density at radius 3 is 2.47 bits per heavy atom. The predicted octanol–water partition coefficient (Wildman–Crippen LogP) is 0.756. The third-order valence-corrected chi connectivity index (χ3v) is 3.16. The van der Waals surface area contributed by atoms with E-state index >= 15 is 0 Å². The van der Waals surface area contributed by atoms with Gasteiger partial charge in [0, 0.05) is 25.6 Å². The smallest absolute Gasteiger partial charge is 0.233 e. The van der Waals surface area contributed by atoms with Crippen LogP contribution in [0.4, 0.5) is 0 Å². The number of amides is 2. The van der Waals surface area contributed by atoms with Crippen LogP contribution in [-0.2, 0) is 9.59 Å². The molecular weight excluding hydrogens is 260 g/mol. The predicted molar refractivity (Wildman–Crippen MR) is 61.8 cm³/mol. The second-order valence-electron chi connectivity index (χ2n) is 3.68. The van der Waals surface area contributed by atoms with E-state index in [0.29, 0.717) is 25.0 Å². The summed E-state index contributed by atoms with van der Waals surface area (Å²) >= 11 is 3.15. The average molecular weight is 277 g/mol. The van der Waals surface area contributed by atoms with Crippen LogP contribution < -0.4 is 5.32 Å². The summed E-state index contributed by atoms with van der Waals surface area (Å²) in [6.07, 6.45) is 1.56. The van der Waals surface area contributed by atoms with Gasteiger partial charge in [-0.2, -0.15) is 0 Å². The van der Waals surface area contributed by atoms with Crippen LogP contribution in [0.1, 0.15) is 19.8 Å². The normalized spacial score (nSPS) is 17.6. The summed E-state index contributed by atoms with van der Waals surface area (Å²) in [5.74, 6) is 0.331. The molecule has 1 heterocycles. The van der Waals surface area contributed by atoms with Crippen molar-refractivity contribution in [3.8, 4) is 0 Å². The van der Waals surface area contributed by atoms with Crippen molar-refractivity contribution in [2.75, 3.05) is 25.0 Å². The van der Waals surface area contributed by atoms with Crippen molar-refractivity contribution in [1.82, 2.24) is 10.2 Å². The maximum Gasteiger partial charge on any atom is 0.233 e. The number of nitrogens with one attached hydrogen (secondary N) is 1. The Kier molecular flexibility index (Phi) is 5.08. The van der Waals surface area contributed by atoms with Crippen molar-refractivity contribution in [3.63, 3.8) is 0 Å². The lowest BCUT2D eigenvalue weighted by Crippen LogP contribution is -2.43. The first kappa shape index (κ1) is 12.5. The second-order valence-corrected chi connectivity index (χ2v) is 4.24. The van der Waals surface area contributed by atoms with Gasteiger partial charge in [-0.3, -0.25) is 9.59 Å². The molecule has 0 aromatic rings. The van der Waals surface area contributed by atoms with Crippen LogP contribution in [0.15, 0.2) is 0 Å². The molecule has 0 spiro atoms. The van der Waals surface area contributed by atoms with E-state index in [4.69, 9.17) is 0 Å². The Morgan fingerprint density at radius 2 is 2.00 bits per heavy atom. The summed E-state index contributed by atoms with van der Waals surface area (Å²) in [5, 5.41) is 3.20. The maximum absolute atomic E-state index is 11.5. The van der Waals surface area contributed by atoms with Crippen molar-refractivity contribution in [2.45, 2.75) is 19.8 Å². The largest absolute Gasteiger partial charge is 0.356 e. The Balaban J connectivity index is 2.35. The number of carbonyl (C=O) groups excluding carboxylic acids is 2. The highest BCUT2D eigenvalue weighted by Crippen LogP contribution is 2.17. The van der Waals surface area contributed by atoms with Crippen LogP contribution in [0.5, 0.6) is 0 Å². The Hall–Kier alpha value is -0.580. The molecule has 86 valence electrons. The third kappa shape index (κ3) is 3.48. The molecular formula is C10H17BrN2O2. The molecule has 1 N–H and O–H groups in total. The Morgan fingerprint density at radius 1 is 1.40 bits per heavy atom. The van der Waals surface area contributed by atoms with Gasteiger partial charge in [0.05, 0.1) is 5.33 Å². The zero-order valence-electron chi connectivity index (χ0n) is 8.96. The lowest BCUT2D eigenvalue weighted by atomic mass is 9.96.